The molecule has 0 aromatic heterocycles. The monoisotopic (exact) mass is 146 g/mol. The second-order valence-electron chi connectivity index (χ2n) is 1.86. The molecule has 0 fully saturated rings. The molecule has 3 N–H and O–H groups in total. The number of carbonyl (C=O) groups excluding carboxylic acids is 1. The van der Waals surface area contributed by atoms with E-state index < -0.39 is 0 Å². The summed E-state index contributed by atoms with van der Waals surface area (Å²) in [6, 6.07) is 0. The van der Waals surface area contributed by atoms with Crippen molar-refractivity contribution in [3.63, 3.8) is 0 Å². The predicted molar refractivity (Wildman–Crippen MR) is 38.6 cm³/mol. The summed E-state index contributed by atoms with van der Waals surface area (Å²) in [7, 11) is 1.80. The smallest absolute Gasteiger partial charge is 0.307 e. The van der Waals surface area contributed by atoms with E-state index >= 15 is 0 Å². The summed E-state index contributed by atoms with van der Waals surface area (Å²) >= 11 is 0. The van der Waals surface area contributed by atoms with Gasteiger partial charge >= 0.3 is 5.97 Å². The van der Waals surface area contributed by atoms with Crippen LogP contribution in [0.3, 0.4) is 0 Å². The lowest BCUT2D eigenvalue weighted by molar-refractivity contribution is -0.143. The number of carbonyl (C=O) groups is 1. The van der Waals surface area contributed by atoms with Crippen LogP contribution >= 0.6 is 0 Å². The molecular formula is C6H14N2O2. The molecule has 0 bridgehead atoms. The Morgan fingerprint density at radius 3 is 2.90 bits per heavy atom. The van der Waals surface area contributed by atoms with Crippen LogP contribution in [-0.2, 0) is 9.53 Å². The molecule has 0 saturated carbocycles. The molecule has 0 radical (unpaired) electrons. The Labute approximate surface area is 60.7 Å². The second-order valence-corrected chi connectivity index (χ2v) is 1.86. The third-order valence-corrected chi connectivity index (χ3v) is 0.964. The Hall–Kier alpha value is -0.610. The van der Waals surface area contributed by atoms with Crippen LogP contribution in [0.4, 0.5) is 0 Å². The first-order valence-corrected chi connectivity index (χ1v) is 3.31. The van der Waals surface area contributed by atoms with Gasteiger partial charge in [0.1, 0.15) is 6.61 Å². The largest absolute Gasteiger partial charge is 0.464 e. The highest BCUT2D eigenvalue weighted by atomic mass is 16.5. The van der Waals surface area contributed by atoms with E-state index in [1.807, 2.05) is 0 Å². The van der Waals surface area contributed by atoms with Gasteiger partial charge in [0.05, 0.1) is 6.42 Å². The highest BCUT2D eigenvalue weighted by molar-refractivity contribution is 5.69. The highest BCUT2D eigenvalue weighted by Crippen LogP contribution is 1.81. The van der Waals surface area contributed by atoms with Crippen molar-refractivity contribution in [2.24, 2.45) is 5.73 Å². The lowest BCUT2D eigenvalue weighted by atomic mass is 10.4. The molecule has 0 aromatic carbocycles. The zero-order chi connectivity index (χ0) is 7.82. The van der Waals surface area contributed by atoms with Crippen molar-refractivity contribution in [1.29, 1.82) is 0 Å². The Morgan fingerprint density at radius 2 is 2.40 bits per heavy atom. The van der Waals surface area contributed by atoms with E-state index in [1.54, 1.807) is 7.05 Å². The molecular weight excluding hydrogens is 132 g/mol. The van der Waals surface area contributed by atoms with Crippen LogP contribution in [0.15, 0.2) is 0 Å². The van der Waals surface area contributed by atoms with Crippen LogP contribution in [0, 0.1) is 0 Å². The Morgan fingerprint density at radius 1 is 1.70 bits per heavy atom. The normalized spacial score (nSPS) is 9.40. The van der Waals surface area contributed by atoms with Gasteiger partial charge < -0.3 is 15.8 Å². The van der Waals surface area contributed by atoms with Gasteiger partial charge in [-0.15, -0.1) is 0 Å². The fourth-order valence-electron chi connectivity index (χ4n) is 0.457. The zero-order valence-electron chi connectivity index (χ0n) is 6.22. The third-order valence-electron chi connectivity index (χ3n) is 0.964. The molecule has 0 spiro atoms. The van der Waals surface area contributed by atoms with Gasteiger partial charge in [-0.2, -0.15) is 0 Å². The van der Waals surface area contributed by atoms with Crippen molar-refractivity contribution in [2.75, 3.05) is 26.7 Å². The second kappa shape index (κ2) is 6.51. The van der Waals surface area contributed by atoms with E-state index in [0.717, 1.165) is 0 Å². The van der Waals surface area contributed by atoms with Crippen LogP contribution in [0.5, 0.6) is 0 Å². The van der Waals surface area contributed by atoms with E-state index in [-0.39, 0.29) is 5.97 Å². The Balaban J connectivity index is 3.05. The number of esters is 1. The lowest BCUT2D eigenvalue weighted by Gasteiger charge is -2.01. The first-order valence-electron chi connectivity index (χ1n) is 3.31. The number of hydrogen-bond acceptors (Lipinski definition) is 4. The summed E-state index contributed by atoms with van der Waals surface area (Å²) in [5.74, 6) is -0.224. The molecule has 4 nitrogen and oxygen atoms in total. The standard InChI is InChI=1S/C6H14N2O2/c1-8-4-5-10-6(9)2-3-7/h8H,2-5,7H2,1H3. The van der Waals surface area contributed by atoms with E-state index in [2.05, 4.69) is 5.32 Å². The zero-order valence-corrected chi connectivity index (χ0v) is 6.22. The topological polar surface area (TPSA) is 64.3 Å². The maximum Gasteiger partial charge on any atom is 0.307 e. The fourth-order valence-corrected chi connectivity index (χ4v) is 0.457. The maximum absolute atomic E-state index is 10.6. The van der Waals surface area contributed by atoms with E-state index in [0.29, 0.717) is 26.1 Å². The van der Waals surface area contributed by atoms with E-state index in [4.69, 9.17) is 10.5 Å². The van der Waals surface area contributed by atoms with Crippen LogP contribution < -0.4 is 11.1 Å². The van der Waals surface area contributed by atoms with Gasteiger partial charge in [-0.1, -0.05) is 0 Å². The summed E-state index contributed by atoms with van der Waals surface area (Å²) in [6.07, 6.45) is 0.309. The van der Waals surface area contributed by atoms with Crippen LogP contribution in [0.25, 0.3) is 0 Å². The number of likely N-dealkylation sites (N-methyl/N-ethyl adjacent to an activating group) is 1. The van der Waals surface area contributed by atoms with Crippen molar-refractivity contribution < 1.29 is 9.53 Å². The van der Waals surface area contributed by atoms with Gasteiger partial charge in [0.25, 0.3) is 0 Å². The molecule has 0 rings (SSSR count). The molecule has 0 atom stereocenters. The third kappa shape index (κ3) is 5.53. The number of hydrogen-bond donors (Lipinski definition) is 2. The molecule has 10 heavy (non-hydrogen) atoms. The molecule has 0 aliphatic rings. The lowest BCUT2D eigenvalue weighted by Crippen LogP contribution is -2.18. The number of nitrogens with two attached hydrogens (primary N) is 1. The van der Waals surface area contributed by atoms with Gasteiger partial charge in [0, 0.05) is 13.1 Å². The number of ether oxygens (including phenoxy) is 1. The van der Waals surface area contributed by atoms with E-state index in [9.17, 15) is 4.79 Å². The van der Waals surface area contributed by atoms with Crippen LogP contribution in [0.2, 0.25) is 0 Å². The molecule has 0 saturated heterocycles. The van der Waals surface area contributed by atoms with Crippen molar-refractivity contribution >= 4 is 5.97 Å². The SMILES string of the molecule is CNCCOC(=O)CCN. The quantitative estimate of drug-likeness (QED) is 0.389. The minimum absolute atomic E-state index is 0.224. The summed E-state index contributed by atoms with van der Waals surface area (Å²) in [5, 5.41) is 2.86. The van der Waals surface area contributed by atoms with Gasteiger partial charge in [-0.25, -0.2) is 0 Å². The summed E-state index contributed by atoms with van der Waals surface area (Å²) in [5.41, 5.74) is 5.12. The Kier molecular flexibility index (Phi) is 6.11. The summed E-state index contributed by atoms with van der Waals surface area (Å²) < 4.78 is 4.74. The first kappa shape index (κ1) is 9.39. The predicted octanol–water partition coefficient (Wildman–Crippen LogP) is -0.902. The molecule has 0 heterocycles. The minimum atomic E-state index is -0.224. The van der Waals surface area contributed by atoms with Gasteiger partial charge in [0.2, 0.25) is 0 Å². The first-order chi connectivity index (χ1) is 4.81. The van der Waals surface area contributed by atoms with Gasteiger partial charge in [-0.3, -0.25) is 4.79 Å². The minimum Gasteiger partial charge on any atom is -0.464 e. The average Bonchev–Trinajstić information content (AvgIpc) is 1.89. The summed E-state index contributed by atoms with van der Waals surface area (Å²) in [6.45, 7) is 1.48. The summed E-state index contributed by atoms with van der Waals surface area (Å²) in [4.78, 5) is 10.6. The molecule has 0 aliphatic carbocycles. The van der Waals surface area contributed by atoms with Crippen molar-refractivity contribution in [3.8, 4) is 0 Å². The molecule has 0 aliphatic heterocycles. The molecule has 0 unspecified atom stereocenters. The number of rotatable bonds is 5. The van der Waals surface area contributed by atoms with Crippen LogP contribution in [0.1, 0.15) is 6.42 Å². The van der Waals surface area contributed by atoms with E-state index in [1.165, 1.54) is 0 Å². The molecule has 0 aromatic rings. The number of nitrogens with one attached hydrogen (secondary N) is 1. The molecule has 4 heteroatoms. The van der Waals surface area contributed by atoms with Gasteiger partial charge in [0.15, 0.2) is 0 Å². The molecule has 60 valence electrons. The van der Waals surface area contributed by atoms with Crippen molar-refractivity contribution in [2.45, 2.75) is 6.42 Å². The van der Waals surface area contributed by atoms with Crippen LogP contribution in [-0.4, -0.2) is 32.7 Å². The van der Waals surface area contributed by atoms with Gasteiger partial charge in [-0.05, 0) is 7.05 Å². The average molecular weight is 146 g/mol. The Bertz CT molecular complexity index is 95.7. The maximum atomic E-state index is 10.6. The van der Waals surface area contributed by atoms with Crippen molar-refractivity contribution in [1.82, 2.24) is 5.32 Å². The highest BCUT2D eigenvalue weighted by Gasteiger charge is 1.97. The fraction of sp³-hybridized carbons (Fsp3) is 0.833. The van der Waals surface area contributed by atoms with Crippen molar-refractivity contribution in [3.05, 3.63) is 0 Å². The molecule has 0 amide bonds.